The first-order valence-corrected chi connectivity index (χ1v) is 7.79. The molecule has 0 radical (unpaired) electrons. The fraction of sp³-hybridized carbons (Fsp3) is 1.00. The molecule has 0 bridgehead atoms. The van der Waals surface area contributed by atoms with Crippen molar-refractivity contribution in [3.8, 4) is 0 Å². The molecule has 0 aromatic carbocycles. The third-order valence-corrected chi connectivity index (χ3v) is 4.98. The Labute approximate surface area is 123 Å². The largest absolute Gasteiger partial charge is 0.394 e. The summed E-state index contributed by atoms with van der Waals surface area (Å²) < 4.78 is 0. The van der Waals surface area contributed by atoms with Gasteiger partial charge in [0.2, 0.25) is 0 Å². The monoisotopic (exact) mass is 290 g/mol. The van der Waals surface area contributed by atoms with Crippen molar-refractivity contribution >= 4 is 0 Å². The molecule has 0 aromatic rings. The maximum absolute atomic E-state index is 9.33. The van der Waals surface area contributed by atoms with Crippen LogP contribution >= 0.6 is 0 Å². The minimum atomic E-state index is -1.45. The molecule has 4 N–H and O–H groups in total. The highest BCUT2D eigenvalue weighted by Crippen LogP contribution is 2.60. The predicted octanol–water partition coefficient (Wildman–Crippen LogP) is 2.44. The average Bonchev–Trinajstić information content (AvgIpc) is 2.40. The van der Waals surface area contributed by atoms with Crippen LogP contribution < -0.4 is 0 Å². The van der Waals surface area contributed by atoms with Gasteiger partial charge in [-0.05, 0) is 5.41 Å². The van der Waals surface area contributed by atoms with Crippen LogP contribution in [-0.2, 0) is 0 Å². The van der Waals surface area contributed by atoms with E-state index in [4.69, 9.17) is 10.2 Å². The second kappa shape index (κ2) is 8.32. The van der Waals surface area contributed by atoms with Gasteiger partial charge in [0.1, 0.15) is 0 Å². The second-order valence-electron chi connectivity index (χ2n) is 7.07. The van der Waals surface area contributed by atoms with E-state index in [-0.39, 0.29) is 24.0 Å². The number of rotatable bonds is 1. The van der Waals surface area contributed by atoms with Gasteiger partial charge in [-0.25, -0.2) is 0 Å². The Balaban J connectivity index is 0.000000307. The number of aliphatic hydroxyl groups excluding tert-OH is 2. The number of aliphatic hydroxyl groups is 4. The van der Waals surface area contributed by atoms with Crippen molar-refractivity contribution in [2.45, 2.75) is 78.4 Å². The fourth-order valence-corrected chi connectivity index (χ4v) is 2.55. The zero-order valence-electron chi connectivity index (χ0n) is 13.7. The molecule has 0 spiro atoms. The van der Waals surface area contributed by atoms with Crippen LogP contribution in [0.25, 0.3) is 0 Å². The third kappa shape index (κ3) is 5.32. The van der Waals surface area contributed by atoms with Crippen LogP contribution in [0.4, 0.5) is 0 Å². The summed E-state index contributed by atoms with van der Waals surface area (Å²) >= 11 is 0. The Kier molecular flexibility index (Phi) is 8.26. The first kappa shape index (κ1) is 19.8. The molecule has 4 heteroatoms. The molecule has 2 aliphatic rings. The van der Waals surface area contributed by atoms with E-state index in [1.165, 1.54) is 38.5 Å². The van der Waals surface area contributed by atoms with Gasteiger partial charge in [-0.3, -0.25) is 0 Å². The summed E-state index contributed by atoms with van der Waals surface area (Å²) in [5.41, 5.74) is -0.323. The lowest BCUT2D eigenvalue weighted by Crippen LogP contribution is -2.65. The van der Waals surface area contributed by atoms with E-state index in [9.17, 15) is 10.2 Å². The summed E-state index contributed by atoms with van der Waals surface area (Å²) in [6.07, 6.45) is 9.48. The zero-order chi connectivity index (χ0) is 15.9. The van der Waals surface area contributed by atoms with Gasteiger partial charge in [-0.15, -0.1) is 0 Å². The Morgan fingerprint density at radius 1 is 0.700 bits per heavy atom. The topological polar surface area (TPSA) is 80.9 Å². The van der Waals surface area contributed by atoms with E-state index in [0.717, 1.165) is 0 Å². The molecular formula is C16H34O4. The average molecular weight is 290 g/mol. The molecule has 122 valence electrons. The maximum Gasteiger partial charge on any atom is 0.168 e. The standard InChI is InChI=1S/C8H16O2.C6H12.C2H6O2/c1-6(2)5-8(9,10)7(6,3)4;1-2-4-6-5-3-1;3-1-2-4/h9-10H,5H2,1-4H3;1-6H2;3-4H,1-2H2. The van der Waals surface area contributed by atoms with E-state index in [2.05, 4.69) is 13.8 Å². The lowest BCUT2D eigenvalue weighted by molar-refractivity contribution is -0.350. The highest BCUT2D eigenvalue weighted by molar-refractivity contribution is 5.07. The lowest BCUT2D eigenvalue weighted by Gasteiger charge is -2.61. The Hall–Kier alpha value is -0.160. The normalized spacial score (nSPS) is 25.2. The van der Waals surface area contributed by atoms with Gasteiger partial charge in [0.15, 0.2) is 5.79 Å². The Morgan fingerprint density at radius 3 is 1.05 bits per heavy atom. The van der Waals surface area contributed by atoms with Gasteiger partial charge in [-0.2, -0.15) is 0 Å². The third-order valence-electron chi connectivity index (χ3n) is 4.98. The highest BCUT2D eigenvalue weighted by Gasteiger charge is 2.63. The lowest BCUT2D eigenvalue weighted by atomic mass is 9.49. The van der Waals surface area contributed by atoms with Crippen LogP contribution in [-0.4, -0.2) is 39.4 Å². The SMILES string of the molecule is C1CCCCC1.CC1(C)CC(O)(O)C1(C)C.OCCO. The van der Waals surface area contributed by atoms with E-state index >= 15 is 0 Å². The molecule has 2 rings (SSSR count). The van der Waals surface area contributed by atoms with Gasteiger partial charge < -0.3 is 20.4 Å². The van der Waals surface area contributed by atoms with Crippen molar-refractivity contribution in [2.24, 2.45) is 10.8 Å². The van der Waals surface area contributed by atoms with Gasteiger partial charge in [0, 0.05) is 11.8 Å². The smallest absolute Gasteiger partial charge is 0.168 e. The summed E-state index contributed by atoms with van der Waals surface area (Å²) in [6.45, 7) is 7.63. The van der Waals surface area contributed by atoms with E-state index < -0.39 is 5.79 Å². The summed E-state index contributed by atoms with van der Waals surface area (Å²) in [4.78, 5) is 0. The van der Waals surface area contributed by atoms with Crippen LogP contribution in [0.3, 0.4) is 0 Å². The minimum absolute atomic E-state index is 0.0521. The highest BCUT2D eigenvalue weighted by atomic mass is 16.5. The molecule has 0 atom stereocenters. The predicted molar refractivity (Wildman–Crippen MR) is 81.2 cm³/mol. The van der Waals surface area contributed by atoms with Crippen molar-refractivity contribution in [3.63, 3.8) is 0 Å². The van der Waals surface area contributed by atoms with Crippen molar-refractivity contribution in [2.75, 3.05) is 13.2 Å². The molecule has 2 aliphatic carbocycles. The maximum atomic E-state index is 9.33. The van der Waals surface area contributed by atoms with Gasteiger partial charge >= 0.3 is 0 Å². The molecule has 0 aliphatic heterocycles. The van der Waals surface area contributed by atoms with Crippen LogP contribution in [0.15, 0.2) is 0 Å². The van der Waals surface area contributed by atoms with Gasteiger partial charge in [-0.1, -0.05) is 66.2 Å². The van der Waals surface area contributed by atoms with Crippen molar-refractivity contribution in [3.05, 3.63) is 0 Å². The molecule has 0 amide bonds. The Bertz CT molecular complexity index is 226. The van der Waals surface area contributed by atoms with E-state index in [0.29, 0.717) is 6.42 Å². The van der Waals surface area contributed by atoms with E-state index in [1.54, 1.807) is 0 Å². The van der Waals surface area contributed by atoms with Gasteiger partial charge in [0.25, 0.3) is 0 Å². The van der Waals surface area contributed by atoms with Crippen molar-refractivity contribution in [1.29, 1.82) is 0 Å². The molecule has 0 saturated heterocycles. The summed E-state index contributed by atoms with van der Waals surface area (Å²) in [5.74, 6) is -1.45. The van der Waals surface area contributed by atoms with Crippen LogP contribution in [0.2, 0.25) is 0 Å². The molecular weight excluding hydrogens is 256 g/mol. The first-order valence-electron chi connectivity index (χ1n) is 7.79. The zero-order valence-corrected chi connectivity index (χ0v) is 13.7. The number of hydrogen-bond acceptors (Lipinski definition) is 4. The van der Waals surface area contributed by atoms with Gasteiger partial charge in [0.05, 0.1) is 13.2 Å². The quantitative estimate of drug-likeness (QED) is 0.559. The first-order chi connectivity index (χ1) is 9.12. The van der Waals surface area contributed by atoms with Crippen molar-refractivity contribution in [1.82, 2.24) is 0 Å². The minimum Gasteiger partial charge on any atom is -0.394 e. The fourth-order valence-electron chi connectivity index (χ4n) is 2.55. The molecule has 0 aromatic heterocycles. The molecule has 2 fully saturated rings. The van der Waals surface area contributed by atoms with E-state index in [1.807, 2.05) is 13.8 Å². The van der Waals surface area contributed by atoms with Crippen LogP contribution in [0.5, 0.6) is 0 Å². The summed E-state index contributed by atoms with van der Waals surface area (Å²) in [5, 5.41) is 33.9. The molecule has 0 heterocycles. The molecule has 4 nitrogen and oxygen atoms in total. The summed E-state index contributed by atoms with van der Waals surface area (Å²) in [6, 6.07) is 0. The molecule has 20 heavy (non-hydrogen) atoms. The van der Waals surface area contributed by atoms with Crippen molar-refractivity contribution < 1.29 is 20.4 Å². The Morgan fingerprint density at radius 2 is 1.00 bits per heavy atom. The summed E-state index contributed by atoms with van der Waals surface area (Å²) in [7, 11) is 0. The second-order valence-corrected chi connectivity index (χ2v) is 7.07. The van der Waals surface area contributed by atoms with Crippen LogP contribution in [0.1, 0.15) is 72.6 Å². The molecule has 0 unspecified atom stereocenters. The molecule has 2 saturated carbocycles. The number of hydrogen-bond donors (Lipinski definition) is 4. The van der Waals surface area contributed by atoms with Crippen LogP contribution in [0, 0.1) is 10.8 Å².